The first-order chi connectivity index (χ1) is 8.74. The van der Waals surface area contributed by atoms with E-state index in [-0.39, 0.29) is 6.54 Å². The van der Waals surface area contributed by atoms with E-state index in [9.17, 15) is 14.7 Å². The van der Waals surface area contributed by atoms with E-state index in [4.69, 9.17) is 5.11 Å². The second-order valence-electron chi connectivity index (χ2n) is 4.56. The Morgan fingerprint density at radius 1 is 1.42 bits per heavy atom. The summed E-state index contributed by atoms with van der Waals surface area (Å²) < 4.78 is 0. The summed E-state index contributed by atoms with van der Waals surface area (Å²) in [5.41, 5.74) is -1.70. The Balaban J connectivity index is 2.66. The van der Waals surface area contributed by atoms with Gasteiger partial charge in [0.25, 0.3) is 5.91 Å². The van der Waals surface area contributed by atoms with Gasteiger partial charge in [0.2, 0.25) is 0 Å². The molecule has 0 spiro atoms. The van der Waals surface area contributed by atoms with Crippen molar-refractivity contribution >= 4 is 17.7 Å². The molecule has 0 aliphatic heterocycles. The van der Waals surface area contributed by atoms with Crippen molar-refractivity contribution < 1.29 is 19.8 Å². The maximum absolute atomic E-state index is 11.7. The van der Waals surface area contributed by atoms with E-state index in [2.05, 4.69) is 10.3 Å². The molecule has 19 heavy (non-hydrogen) atoms. The number of anilines is 1. The van der Waals surface area contributed by atoms with Gasteiger partial charge in [-0.15, -0.1) is 0 Å². The Morgan fingerprint density at radius 3 is 2.47 bits per heavy atom. The molecule has 0 saturated carbocycles. The molecule has 0 bridgehead atoms. The number of carboxylic acid groups (broad SMARTS) is 1. The van der Waals surface area contributed by atoms with Crippen LogP contribution in [0.4, 0.5) is 5.82 Å². The molecule has 0 radical (unpaired) electrons. The normalized spacial score (nSPS) is 13.5. The number of nitrogens with zero attached hydrogens (tertiary/aromatic N) is 2. The molecule has 3 N–H and O–H groups in total. The number of aliphatic carboxylic acids is 1. The highest BCUT2D eigenvalue weighted by Crippen LogP contribution is 2.08. The van der Waals surface area contributed by atoms with Crippen LogP contribution in [0.3, 0.4) is 0 Å². The van der Waals surface area contributed by atoms with E-state index in [1.807, 2.05) is 14.1 Å². The third-order valence-corrected chi connectivity index (χ3v) is 2.52. The zero-order chi connectivity index (χ0) is 14.6. The molecule has 1 heterocycles. The van der Waals surface area contributed by atoms with Crippen LogP contribution in [-0.4, -0.2) is 53.3 Å². The van der Waals surface area contributed by atoms with E-state index in [0.29, 0.717) is 11.4 Å². The first-order valence-corrected chi connectivity index (χ1v) is 5.61. The number of carbonyl (C=O) groups excluding carboxylic acids is 1. The third kappa shape index (κ3) is 3.92. The molecular weight excluding hydrogens is 250 g/mol. The van der Waals surface area contributed by atoms with Gasteiger partial charge < -0.3 is 20.4 Å². The van der Waals surface area contributed by atoms with Gasteiger partial charge in [-0.25, -0.2) is 9.78 Å². The van der Waals surface area contributed by atoms with E-state index in [1.165, 1.54) is 6.20 Å². The Bertz CT molecular complexity index is 468. The van der Waals surface area contributed by atoms with Crippen molar-refractivity contribution in [3.05, 3.63) is 23.9 Å². The van der Waals surface area contributed by atoms with Crippen molar-refractivity contribution in [2.24, 2.45) is 0 Å². The first kappa shape index (κ1) is 14.9. The quantitative estimate of drug-likeness (QED) is 0.677. The van der Waals surface area contributed by atoms with Crippen LogP contribution in [0, 0.1) is 0 Å². The molecule has 1 unspecified atom stereocenters. The Kier molecular flexibility index (Phi) is 4.44. The molecule has 7 heteroatoms. The lowest BCUT2D eigenvalue weighted by molar-refractivity contribution is -0.155. The fourth-order valence-corrected chi connectivity index (χ4v) is 1.21. The van der Waals surface area contributed by atoms with E-state index in [1.54, 1.807) is 17.0 Å². The third-order valence-electron chi connectivity index (χ3n) is 2.52. The lowest BCUT2D eigenvalue weighted by Crippen LogP contribution is -2.46. The number of nitrogens with one attached hydrogen (secondary N) is 1. The highest BCUT2D eigenvalue weighted by Gasteiger charge is 2.30. The minimum absolute atomic E-state index is 0.298. The van der Waals surface area contributed by atoms with Crippen molar-refractivity contribution in [3.63, 3.8) is 0 Å². The average molecular weight is 267 g/mol. The van der Waals surface area contributed by atoms with Gasteiger partial charge in [0.05, 0.1) is 12.1 Å². The summed E-state index contributed by atoms with van der Waals surface area (Å²) in [6.45, 7) is 0.736. The SMILES string of the molecule is CN(C)c1ccc(C(=O)NCC(C)(O)C(=O)O)cn1. The highest BCUT2D eigenvalue weighted by molar-refractivity contribution is 5.94. The molecule has 0 fully saturated rings. The molecule has 104 valence electrons. The Hall–Kier alpha value is -2.15. The van der Waals surface area contributed by atoms with Crippen molar-refractivity contribution in [1.29, 1.82) is 0 Å². The van der Waals surface area contributed by atoms with E-state index in [0.717, 1.165) is 6.92 Å². The van der Waals surface area contributed by atoms with Crippen LogP contribution in [0.2, 0.25) is 0 Å². The molecule has 0 aliphatic rings. The van der Waals surface area contributed by atoms with Gasteiger partial charge in [-0.3, -0.25) is 4.79 Å². The van der Waals surface area contributed by atoms with Crippen LogP contribution in [0.5, 0.6) is 0 Å². The van der Waals surface area contributed by atoms with Crippen LogP contribution in [0.15, 0.2) is 18.3 Å². The summed E-state index contributed by atoms with van der Waals surface area (Å²) in [5.74, 6) is -1.18. The van der Waals surface area contributed by atoms with Crippen LogP contribution >= 0.6 is 0 Å². The van der Waals surface area contributed by atoms with Gasteiger partial charge in [-0.2, -0.15) is 0 Å². The maximum atomic E-state index is 11.7. The predicted octanol–water partition coefficient (Wildman–Crippen LogP) is -0.287. The zero-order valence-electron chi connectivity index (χ0n) is 11.0. The lowest BCUT2D eigenvalue weighted by Gasteiger charge is -2.18. The van der Waals surface area contributed by atoms with Crippen LogP contribution in [-0.2, 0) is 4.79 Å². The van der Waals surface area contributed by atoms with Crippen molar-refractivity contribution in [2.45, 2.75) is 12.5 Å². The Labute approximate surface area is 110 Å². The lowest BCUT2D eigenvalue weighted by atomic mass is 10.1. The number of carboxylic acids is 1. The minimum Gasteiger partial charge on any atom is -0.479 e. The molecule has 0 aliphatic carbocycles. The summed E-state index contributed by atoms with van der Waals surface area (Å²) in [5, 5.41) is 20.5. The fourth-order valence-electron chi connectivity index (χ4n) is 1.21. The maximum Gasteiger partial charge on any atom is 0.337 e. The number of aromatic nitrogens is 1. The smallest absolute Gasteiger partial charge is 0.337 e. The first-order valence-electron chi connectivity index (χ1n) is 5.61. The number of hydrogen-bond acceptors (Lipinski definition) is 5. The number of rotatable bonds is 5. The molecule has 1 rings (SSSR count). The number of carbonyl (C=O) groups is 2. The number of hydrogen-bond donors (Lipinski definition) is 3. The molecular formula is C12H17N3O4. The number of aliphatic hydroxyl groups is 1. The van der Waals surface area contributed by atoms with Gasteiger partial charge in [-0.1, -0.05) is 0 Å². The van der Waals surface area contributed by atoms with Crippen molar-refractivity contribution in [1.82, 2.24) is 10.3 Å². The minimum atomic E-state index is -1.99. The number of amides is 1. The Morgan fingerprint density at radius 2 is 2.05 bits per heavy atom. The van der Waals surface area contributed by atoms with E-state index >= 15 is 0 Å². The van der Waals surface area contributed by atoms with E-state index < -0.39 is 17.5 Å². The summed E-state index contributed by atoms with van der Waals surface area (Å²) >= 11 is 0. The van der Waals surface area contributed by atoms with Crippen molar-refractivity contribution in [2.75, 3.05) is 25.5 Å². The van der Waals surface area contributed by atoms with Crippen molar-refractivity contribution in [3.8, 4) is 0 Å². The molecule has 7 nitrogen and oxygen atoms in total. The second-order valence-corrected chi connectivity index (χ2v) is 4.56. The standard InChI is InChI=1S/C12H17N3O4/c1-12(19,11(17)18)7-14-10(16)8-4-5-9(13-6-8)15(2)3/h4-6,19H,7H2,1-3H3,(H,14,16)(H,17,18). The van der Waals surface area contributed by atoms with Gasteiger partial charge in [-0.05, 0) is 19.1 Å². The van der Waals surface area contributed by atoms with Crippen LogP contribution in [0.25, 0.3) is 0 Å². The molecule has 1 atom stereocenters. The average Bonchev–Trinajstić information content (AvgIpc) is 2.36. The van der Waals surface area contributed by atoms with Gasteiger partial charge in [0.15, 0.2) is 5.60 Å². The van der Waals surface area contributed by atoms with Crippen LogP contribution in [0.1, 0.15) is 17.3 Å². The largest absolute Gasteiger partial charge is 0.479 e. The molecule has 1 aromatic rings. The summed E-state index contributed by atoms with van der Waals surface area (Å²) in [4.78, 5) is 28.3. The highest BCUT2D eigenvalue weighted by atomic mass is 16.4. The summed E-state index contributed by atoms with van der Waals surface area (Å²) in [6.07, 6.45) is 1.39. The summed E-state index contributed by atoms with van der Waals surface area (Å²) in [6, 6.07) is 3.25. The summed E-state index contributed by atoms with van der Waals surface area (Å²) in [7, 11) is 3.65. The number of pyridine rings is 1. The topological polar surface area (TPSA) is 103 Å². The molecule has 1 aromatic heterocycles. The fraction of sp³-hybridized carbons (Fsp3) is 0.417. The molecule has 1 amide bonds. The monoisotopic (exact) mass is 267 g/mol. The van der Waals surface area contributed by atoms with Gasteiger partial charge in [0, 0.05) is 20.3 Å². The predicted molar refractivity (Wildman–Crippen MR) is 69.2 cm³/mol. The van der Waals surface area contributed by atoms with Crippen LogP contribution < -0.4 is 10.2 Å². The van der Waals surface area contributed by atoms with Gasteiger partial charge in [0.1, 0.15) is 5.82 Å². The molecule has 0 aromatic carbocycles. The molecule has 0 saturated heterocycles. The van der Waals surface area contributed by atoms with Gasteiger partial charge >= 0.3 is 5.97 Å². The zero-order valence-corrected chi connectivity index (χ0v) is 11.0. The second kappa shape index (κ2) is 5.66.